The lowest BCUT2D eigenvalue weighted by Gasteiger charge is -2.13. The summed E-state index contributed by atoms with van der Waals surface area (Å²) < 4.78 is 17.1. The topological polar surface area (TPSA) is 112 Å². The Morgan fingerprint density at radius 2 is 1.76 bits per heavy atom. The van der Waals surface area contributed by atoms with E-state index in [1.807, 2.05) is 44.2 Å². The number of thioether (sulfide) groups is 1. The van der Waals surface area contributed by atoms with Crippen LogP contribution in [0.25, 0.3) is 6.08 Å². The van der Waals surface area contributed by atoms with Gasteiger partial charge in [0.1, 0.15) is 12.4 Å². The number of nitrogens with zero attached hydrogens (tertiary/aromatic N) is 2. The first kappa shape index (κ1) is 25.8. The Morgan fingerprint density at radius 1 is 0.973 bits per heavy atom. The standard InChI is InChI=1S/C27H25N3O6S/c1-3-34-22-11-9-20(10-12-22)28-27-29-26(31)25(37-27)16-18-8-13-23(24(15-18)35-4-2)36-17-19-6-5-7-21(14-19)30(32)33/h5-16H,3-4,17H2,1-2H3,(H,28,29,31)/b25-16+. The van der Waals surface area contributed by atoms with Crippen LogP contribution in [0.3, 0.4) is 0 Å². The molecule has 0 spiro atoms. The number of carbonyl (C=O) groups is 1. The first-order valence-corrected chi connectivity index (χ1v) is 12.4. The predicted molar refractivity (Wildman–Crippen MR) is 143 cm³/mol. The number of benzene rings is 3. The quantitative estimate of drug-likeness (QED) is 0.203. The lowest BCUT2D eigenvalue weighted by Crippen LogP contribution is -2.19. The first-order valence-electron chi connectivity index (χ1n) is 11.6. The van der Waals surface area contributed by atoms with Crippen molar-refractivity contribution in [3.63, 3.8) is 0 Å². The summed E-state index contributed by atoms with van der Waals surface area (Å²) in [7, 11) is 0. The summed E-state index contributed by atoms with van der Waals surface area (Å²) in [4.78, 5) is 28.1. The summed E-state index contributed by atoms with van der Waals surface area (Å²) in [6, 6.07) is 19.0. The van der Waals surface area contributed by atoms with Crippen LogP contribution < -0.4 is 19.5 Å². The Bertz CT molecular complexity index is 1350. The number of nitro benzene ring substituents is 1. The highest BCUT2D eigenvalue weighted by atomic mass is 32.2. The van der Waals surface area contributed by atoms with E-state index in [0.717, 1.165) is 11.3 Å². The molecule has 10 heteroatoms. The molecule has 4 rings (SSSR count). The maximum absolute atomic E-state index is 12.5. The minimum atomic E-state index is -0.442. The van der Waals surface area contributed by atoms with Gasteiger partial charge in [-0.25, -0.2) is 4.99 Å². The number of hydrogen-bond acceptors (Lipinski definition) is 8. The van der Waals surface area contributed by atoms with Crippen LogP contribution in [0.2, 0.25) is 0 Å². The molecule has 1 fully saturated rings. The molecule has 1 N–H and O–H groups in total. The first-order chi connectivity index (χ1) is 17.9. The number of amides is 1. The zero-order valence-electron chi connectivity index (χ0n) is 20.3. The Morgan fingerprint density at radius 3 is 2.49 bits per heavy atom. The number of amidine groups is 1. The van der Waals surface area contributed by atoms with Gasteiger partial charge in [-0.2, -0.15) is 0 Å². The fraction of sp³-hybridized carbons (Fsp3) is 0.185. The van der Waals surface area contributed by atoms with Crippen LogP contribution in [-0.4, -0.2) is 29.2 Å². The molecule has 0 radical (unpaired) electrons. The van der Waals surface area contributed by atoms with Gasteiger partial charge in [0, 0.05) is 12.1 Å². The minimum absolute atomic E-state index is 0.00544. The van der Waals surface area contributed by atoms with E-state index in [2.05, 4.69) is 10.3 Å². The Balaban J connectivity index is 1.47. The molecule has 3 aromatic carbocycles. The third-order valence-electron chi connectivity index (χ3n) is 5.11. The van der Waals surface area contributed by atoms with Crippen LogP contribution in [0.15, 0.2) is 76.6 Å². The Kier molecular flexibility index (Phi) is 8.42. The fourth-order valence-electron chi connectivity index (χ4n) is 3.46. The van der Waals surface area contributed by atoms with Crippen molar-refractivity contribution >= 4 is 40.3 Å². The number of aliphatic imine (C=N–C) groups is 1. The summed E-state index contributed by atoms with van der Waals surface area (Å²) in [6.45, 7) is 4.93. The van der Waals surface area contributed by atoms with Crippen LogP contribution in [0.1, 0.15) is 25.0 Å². The molecule has 1 heterocycles. The lowest BCUT2D eigenvalue weighted by molar-refractivity contribution is -0.384. The number of nitrogens with one attached hydrogen (secondary N) is 1. The smallest absolute Gasteiger partial charge is 0.269 e. The molecule has 0 atom stereocenters. The van der Waals surface area contributed by atoms with Gasteiger partial charge in [0.25, 0.3) is 11.6 Å². The summed E-state index contributed by atoms with van der Waals surface area (Å²) in [5, 5.41) is 14.3. The van der Waals surface area contributed by atoms with Gasteiger partial charge in [-0.3, -0.25) is 14.9 Å². The number of non-ortho nitro benzene ring substituents is 1. The van der Waals surface area contributed by atoms with Crippen LogP contribution >= 0.6 is 11.8 Å². The lowest BCUT2D eigenvalue weighted by atomic mass is 10.1. The molecule has 1 amide bonds. The van der Waals surface area contributed by atoms with Crippen molar-refractivity contribution in [2.75, 3.05) is 13.2 Å². The maximum Gasteiger partial charge on any atom is 0.269 e. The van der Waals surface area contributed by atoms with Gasteiger partial charge in [0.15, 0.2) is 16.7 Å². The van der Waals surface area contributed by atoms with Crippen molar-refractivity contribution in [2.24, 2.45) is 4.99 Å². The van der Waals surface area contributed by atoms with E-state index in [4.69, 9.17) is 14.2 Å². The van der Waals surface area contributed by atoms with E-state index in [0.29, 0.717) is 46.0 Å². The second kappa shape index (κ2) is 12.1. The molecular weight excluding hydrogens is 494 g/mol. The third-order valence-corrected chi connectivity index (χ3v) is 6.02. The van der Waals surface area contributed by atoms with Gasteiger partial charge in [-0.1, -0.05) is 18.2 Å². The fourth-order valence-corrected chi connectivity index (χ4v) is 4.30. The molecule has 190 valence electrons. The molecule has 0 aromatic heterocycles. The monoisotopic (exact) mass is 519 g/mol. The van der Waals surface area contributed by atoms with E-state index in [1.165, 1.54) is 23.9 Å². The highest BCUT2D eigenvalue weighted by Crippen LogP contribution is 2.33. The molecule has 0 unspecified atom stereocenters. The molecular formula is C27H25N3O6S. The van der Waals surface area contributed by atoms with Crippen molar-refractivity contribution in [2.45, 2.75) is 20.5 Å². The second-order valence-electron chi connectivity index (χ2n) is 7.76. The van der Waals surface area contributed by atoms with E-state index < -0.39 is 4.92 Å². The summed E-state index contributed by atoms with van der Waals surface area (Å²) in [5.74, 6) is 1.53. The highest BCUT2D eigenvalue weighted by Gasteiger charge is 2.24. The van der Waals surface area contributed by atoms with Crippen LogP contribution in [-0.2, 0) is 11.4 Å². The van der Waals surface area contributed by atoms with Crippen molar-refractivity contribution in [3.8, 4) is 17.2 Å². The van der Waals surface area contributed by atoms with Crippen molar-refractivity contribution in [1.29, 1.82) is 0 Å². The van der Waals surface area contributed by atoms with E-state index in [1.54, 1.807) is 30.3 Å². The molecule has 37 heavy (non-hydrogen) atoms. The molecule has 0 aliphatic carbocycles. The normalized spacial score (nSPS) is 15.0. The summed E-state index contributed by atoms with van der Waals surface area (Å²) in [5.41, 5.74) is 2.13. The van der Waals surface area contributed by atoms with Crippen LogP contribution in [0, 0.1) is 10.1 Å². The second-order valence-corrected chi connectivity index (χ2v) is 8.79. The largest absolute Gasteiger partial charge is 0.494 e. The van der Waals surface area contributed by atoms with Crippen molar-refractivity contribution < 1.29 is 23.9 Å². The average molecular weight is 520 g/mol. The predicted octanol–water partition coefficient (Wildman–Crippen LogP) is 5.86. The summed E-state index contributed by atoms with van der Waals surface area (Å²) in [6.07, 6.45) is 1.76. The van der Waals surface area contributed by atoms with Crippen LogP contribution in [0.5, 0.6) is 17.2 Å². The molecule has 9 nitrogen and oxygen atoms in total. The highest BCUT2D eigenvalue weighted by molar-refractivity contribution is 8.18. The molecule has 0 bridgehead atoms. The zero-order valence-corrected chi connectivity index (χ0v) is 21.1. The minimum Gasteiger partial charge on any atom is -0.494 e. The van der Waals surface area contributed by atoms with E-state index >= 15 is 0 Å². The van der Waals surface area contributed by atoms with Gasteiger partial charge in [0.05, 0.1) is 28.7 Å². The molecule has 1 aliphatic rings. The van der Waals surface area contributed by atoms with Gasteiger partial charge in [-0.05, 0) is 79.2 Å². The van der Waals surface area contributed by atoms with Gasteiger partial charge >= 0.3 is 0 Å². The Labute approximate surface area is 218 Å². The number of rotatable bonds is 10. The Hall–Kier alpha value is -4.31. The van der Waals surface area contributed by atoms with E-state index in [-0.39, 0.29) is 18.2 Å². The van der Waals surface area contributed by atoms with E-state index in [9.17, 15) is 14.9 Å². The number of hydrogen-bond donors (Lipinski definition) is 1. The third kappa shape index (κ3) is 6.89. The van der Waals surface area contributed by atoms with Gasteiger partial charge in [0.2, 0.25) is 0 Å². The molecule has 3 aromatic rings. The number of nitro groups is 1. The van der Waals surface area contributed by atoms with Crippen molar-refractivity contribution in [3.05, 3.63) is 92.9 Å². The number of carbonyl (C=O) groups excluding carboxylic acids is 1. The molecule has 1 aliphatic heterocycles. The maximum atomic E-state index is 12.5. The molecule has 0 saturated carbocycles. The average Bonchev–Trinajstić information content (AvgIpc) is 3.23. The number of ether oxygens (including phenoxy) is 3. The summed E-state index contributed by atoms with van der Waals surface area (Å²) >= 11 is 1.25. The van der Waals surface area contributed by atoms with Crippen LogP contribution in [0.4, 0.5) is 11.4 Å². The zero-order chi connectivity index (χ0) is 26.2. The SMILES string of the molecule is CCOc1ccc(N=C2NC(=O)/C(=C\c3ccc(OCc4cccc([N+](=O)[O-])c4)c(OCC)c3)S2)cc1. The van der Waals surface area contributed by atoms with Gasteiger partial charge < -0.3 is 19.5 Å². The van der Waals surface area contributed by atoms with Crippen molar-refractivity contribution in [1.82, 2.24) is 5.32 Å². The van der Waals surface area contributed by atoms with Gasteiger partial charge in [-0.15, -0.1) is 0 Å². The molecule has 1 saturated heterocycles.